The summed E-state index contributed by atoms with van der Waals surface area (Å²) in [6.45, 7) is 8.06. The Labute approximate surface area is 158 Å². The third-order valence-electron chi connectivity index (χ3n) is 4.33. The Balaban J connectivity index is 1.72. The number of hydrogen-bond donors (Lipinski definition) is 1. The van der Waals surface area contributed by atoms with Crippen LogP contribution in [0.2, 0.25) is 0 Å². The standard InChI is InChI=1S/C20H25N5O2/c1-12(2)10-15-11-17(25(5)23-15)19(26)21-14(4)20-22-18(24-27-20)16-9-7-6-8-13(16)3/h6-9,11-12,14H,10H2,1-5H3,(H,21,26)/t14-/m1/s1. The van der Waals surface area contributed by atoms with E-state index in [4.69, 9.17) is 4.52 Å². The SMILES string of the molecule is Cc1ccccc1-c1noc([C@@H](C)NC(=O)c2cc(CC(C)C)nn2C)n1. The fourth-order valence-corrected chi connectivity index (χ4v) is 2.93. The van der Waals surface area contributed by atoms with Crippen molar-refractivity contribution in [3.63, 3.8) is 0 Å². The Hall–Kier alpha value is -2.96. The van der Waals surface area contributed by atoms with Crippen molar-refractivity contribution in [2.75, 3.05) is 0 Å². The fraction of sp³-hybridized carbons (Fsp3) is 0.400. The molecule has 0 unspecified atom stereocenters. The van der Waals surface area contributed by atoms with Crippen molar-refractivity contribution in [2.45, 2.75) is 40.2 Å². The van der Waals surface area contributed by atoms with Crippen LogP contribution in [-0.2, 0) is 13.5 Å². The normalized spacial score (nSPS) is 12.4. The van der Waals surface area contributed by atoms with Gasteiger partial charge < -0.3 is 9.84 Å². The van der Waals surface area contributed by atoms with Crippen LogP contribution in [0.4, 0.5) is 0 Å². The molecule has 0 saturated carbocycles. The average Bonchev–Trinajstić information content (AvgIpc) is 3.21. The Kier molecular flexibility index (Phi) is 5.39. The molecule has 0 bridgehead atoms. The highest BCUT2D eigenvalue weighted by Crippen LogP contribution is 2.22. The lowest BCUT2D eigenvalue weighted by atomic mass is 10.1. The minimum absolute atomic E-state index is 0.219. The predicted molar refractivity (Wildman–Crippen MR) is 102 cm³/mol. The van der Waals surface area contributed by atoms with Gasteiger partial charge in [0.15, 0.2) is 0 Å². The first-order valence-corrected chi connectivity index (χ1v) is 9.08. The van der Waals surface area contributed by atoms with Crippen LogP contribution in [0.25, 0.3) is 11.4 Å². The molecule has 1 amide bonds. The molecule has 3 aromatic rings. The molecular formula is C20H25N5O2. The first kappa shape index (κ1) is 18.8. The van der Waals surface area contributed by atoms with E-state index >= 15 is 0 Å². The zero-order chi connectivity index (χ0) is 19.6. The summed E-state index contributed by atoms with van der Waals surface area (Å²) in [7, 11) is 1.77. The number of rotatable bonds is 6. The van der Waals surface area contributed by atoms with Crippen LogP contribution in [0.1, 0.15) is 54.4 Å². The van der Waals surface area contributed by atoms with Gasteiger partial charge in [0.1, 0.15) is 11.7 Å². The molecule has 2 aromatic heterocycles. The molecule has 0 spiro atoms. The molecule has 1 atom stereocenters. The van der Waals surface area contributed by atoms with Crippen molar-refractivity contribution < 1.29 is 9.32 Å². The van der Waals surface area contributed by atoms with E-state index in [1.54, 1.807) is 11.7 Å². The van der Waals surface area contributed by atoms with Gasteiger partial charge in [-0.2, -0.15) is 10.1 Å². The predicted octanol–water partition coefficient (Wildman–Crippen LogP) is 3.47. The molecule has 142 valence electrons. The third-order valence-corrected chi connectivity index (χ3v) is 4.33. The topological polar surface area (TPSA) is 85.8 Å². The van der Waals surface area contributed by atoms with Gasteiger partial charge in [-0.3, -0.25) is 9.48 Å². The molecule has 7 heteroatoms. The number of benzene rings is 1. The number of nitrogens with zero attached hydrogens (tertiary/aromatic N) is 4. The van der Waals surface area contributed by atoms with Gasteiger partial charge in [-0.25, -0.2) is 0 Å². The molecule has 2 heterocycles. The van der Waals surface area contributed by atoms with Crippen LogP contribution in [0, 0.1) is 12.8 Å². The summed E-state index contributed by atoms with van der Waals surface area (Å²) in [6.07, 6.45) is 0.833. The highest BCUT2D eigenvalue weighted by molar-refractivity contribution is 5.92. The zero-order valence-electron chi connectivity index (χ0n) is 16.4. The summed E-state index contributed by atoms with van der Waals surface area (Å²) < 4.78 is 6.97. The van der Waals surface area contributed by atoms with Crippen LogP contribution >= 0.6 is 0 Å². The molecule has 0 aliphatic heterocycles. The van der Waals surface area contributed by atoms with Crippen molar-refractivity contribution >= 4 is 5.91 Å². The minimum atomic E-state index is -0.411. The van der Waals surface area contributed by atoms with Gasteiger partial charge >= 0.3 is 0 Å². The summed E-state index contributed by atoms with van der Waals surface area (Å²) >= 11 is 0. The summed E-state index contributed by atoms with van der Waals surface area (Å²) in [6, 6.07) is 9.25. The number of amides is 1. The minimum Gasteiger partial charge on any atom is -0.339 e. The van der Waals surface area contributed by atoms with E-state index in [1.165, 1.54) is 0 Å². The second-order valence-corrected chi connectivity index (χ2v) is 7.21. The van der Waals surface area contributed by atoms with Crippen LogP contribution in [-0.4, -0.2) is 25.8 Å². The molecule has 0 saturated heterocycles. The maximum Gasteiger partial charge on any atom is 0.270 e. The molecule has 3 rings (SSSR count). The van der Waals surface area contributed by atoms with E-state index in [1.807, 2.05) is 44.2 Å². The second kappa shape index (κ2) is 7.73. The lowest BCUT2D eigenvalue weighted by Crippen LogP contribution is -2.28. The maximum atomic E-state index is 12.6. The van der Waals surface area contributed by atoms with Crippen LogP contribution < -0.4 is 5.32 Å². The Morgan fingerprint density at radius 2 is 2.00 bits per heavy atom. The van der Waals surface area contributed by atoms with E-state index in [-0.39, 0.29) is 5.91 Å². The number of nitrogens with one attached hydrogen (secondary N) is 1. The number of aromatic nitrogens is 4. The first-order chi connectivity index (χ1) is 12.8. The molecule has 1 aromatic carbocycles. The average molecular weight is 367 g/mol. The zero-order valence-corrected chi connectivity index (χ0v) is 16.4. The quantitative estimate of drug-likeness (QED) is 0.721. The van der Waals surface area contributed by atoms with E-state index in [2.05, 4.69) is 34.4 Å². The van der Waals surface area contributed by atoms with E-state index in [0.717, 1.165) is 23.2 Å². The van der Waals surface area contributed by atoms with Crippen molar-refractivity contribution in [1.82, 2.24) is 25.2 Å². The molecule has 0 radical (unpaired) electrons. The number of aryl methyl sites for hydroxylation is 2. The molecule has 0 aliphatic rings. The van der Waals surface area contributed by atoms with Gasteiger partial charge in [0.2, 0.25) is 11.7 Å². The maximum absolute atomic E-state index is 12.6. The van der Waals surface area contributed by atoms with Gasteiger partial charge in [-0.05, 0) is 37.8 Å². The van der Waals surface area contributed by atoms with Gasteiger partial charge in [0, 0.05) is 12.6 Å². The van der Waals surface area contributed by atoms with Gasteiger partial charge in [-0.15, -0.1) is 0 Å². The third kappa shape index (κ3) is 4.24. The lowest BCUT2D eigenvalue weighted by molar-refractivity contribution is 0.0923. The van der Waals surface area contributed by atoms with Crippen LogP contribution in [0.5, 0.6) is 0 Å². The number of carbonyl (C=O) groups excluding carboxylic acids is 1. The highest BCUT2D eigenvalue weighted by Gasteiger charge is 2.21. The molecular weight excluding hydrogens is 342 g/mol. The van der Waals surface area contributed by atoms with Crippen molar-refractivity contribution in [1.29, 1.82) is 0 Å². The monoisotopic (exact) mass is 367 g/mol. The largest absolute Gasteiger partial charge is 0.339 e. The second-order valence-electron chi connectivity index (χ2n) is 7.21. The first-order valence-electron chi connectivity index (χ1n) is 9.08. The molecule has 7 nitrogen and oxygen atoms in total. The molecule has 0 fully saturated rings. The van der Waals surface area contributed by atoms with Crippen molar-refractivity contribution in [3.8, 4) is 11.4 Å². The lowest BCUT2D eigenvalue weighted by Gasteiger charge is -2.09. The summed E-state index contributed by atoms with van der Waals surface area (Å²) in [5, 5.41) is 11.4. The van der Waals surface area contributed by atoms with Crippen LogP contribution in [0.15, 0.2) is 34.9 Å². The number of carbonyl (C=O) groups is 1. The Morgan fingerprint density at radius 3 is 2.70 bits per heavy atom. The van der Waals surface area contributed by atoms with E-state index in [0.29, 0.717) is 23.3 Å². The molecule has 27 heavy (non-hydrogen) atoms. The smallest absolute Gasteiger partial charge is 0.270 e. The van der Waals surface area contributed by atoms with Gasteiger partial charge in [0.05, 0.1) is 5.69 Å². The summed E-state index contributed by atoms with van der Waals surface area (Å²) in [5.74, 6) is 1.14. The van der Waals surface area contributed by atoms with Gasteiger partial charge in [-0.1, -0.05) is 43.3 Å². The van der Waals surface area contributed by atoms with Crippen molar-refractivity contribution in [3.05, 3.63) is 53.2 Å². The fourth-order valence-electron chi connectivity index (χ4n) is 2.93. The molecule has 1 N–H and O–H groups in total. The van der Waals surface area contributed by atoms with E-state index in [9.17, 15) is 4.79 Å². The Morgan fingerprint density at radius 1 is 1.26 bits per heavy atom. The van der Waals surface area contributed by atoms with Crippen LogP contribution in [0.3, 0.4) is 0 Å². The van der Waals surface area contributed by atoms with Gasteiger partial charge in [0.25, 0.3) is 5.91 Å². The summed E-state index contributed by atoms with van der Waals surface area (Å²) in [4.78, 5) is 17.1. The molecule has 0 aliphatic carbocycles. The number of hydrogen-bond acceptors (Lipinski definition) is 5. The van der Waals surface area contributed by atoms with Crippen molar-refractivity contribution in [2.24, 2.45) is 13.0 Å². The Bertz CT molecular complexity index is 942. The van der Waals surface area contributed by atoms with E-state index < -0.39 is 6.04 Å². The summed E-state index contributed by atoms with van der Waals surface area (Å²) in [5.41, 5.74) is 3.39. The highest BCUT2D eigenvalue weighted by atomic mass is 16.5.